The molecule has 7 heteroatoms. The molecule has 0 aliphatic heterocycles. The van der Waals surface area contributed by atoms with E-state index in [0.717, 1.165) is 6.54 Å². The minimum Gasteiger partial charge on any atom is -0.366 e. The predicted octanol–water partition coefficient (Wildman–Crippen LogP) is 2.79. The van der Waals surface area contributed by atoms with Crippen molar-refractivity contribution in [3.05, 3.63) is 53.7 Å². The van der Waals surface area contributed by atoms with Crippen LogP contribution in [0.15, 0.2) is 47.5 Å². The molecule has 26 heavy (non-hydrogen) atoms. The first-order valence-corrected chi connectivity index (χ1v) is 10.2. The normalized spacial score (nSPS) is 11.9. The van der Waals surface area contributed by atoms with Gasteiger partial charge in [0, 0.05) is 32.4 Å². The number of nitrogens with zero attached hydrogens (tertiary/aromatic N) is 3. The molecule has 6 nitrogen and oxygen atoms in total. The first-order valence-electron chi connectivity index (χ1n) is 8.80. The van der Waals surface area contributed by atoms with Gasteiger partial charge in [0.2, 0.25) is 10.0 Å². The zero-order valence-corrected chi connectivity index (χ0v) is 16.8. The molecule has 1 N–H and O–H groups in total. The van der Waals surface area contributed by atoms with Crippen molar-refractivity contribution in [3.8, 4) is 0 Å². The van der Waals surface area contributed by atoms with Crippen molar-refractivity contribution >= 4 is 15.8 Å². The number of sulfonamides is 1. The van der Waals surface area contributed by atoms with Gasteiger partial charge in [-0.15, -0.1) is 0 Å². The highest BCUT2D eigenvalue weighted by atomic mass is 32.2. The Morgan fingerprint density at radius 2 is 1.65 bits per heavy atom. The van der Waals surface area contributed by atoms with E-state index < -0.39 is 10.0 Å². The Bertz CT molecular complexity index is 801. The van der Waals surface area contributed by atoms with Crippen LogP contribution in [0.3, 0.4) is 0 Å². The van der Waals surface area contributed by atoms with Crippen molar-refractivity contribution in [2.24, 2.45) is 0 Å². The second kappa shape index (κ2) is 9.12. The maximum absolute atomic E-state index is 12.5. The minimum absolute atomic E-state index is 0.222. The van der Waals surface area contributed by atoms with Gasteiger partial charge in [-0.1, -0.05) is 38.1 Å². The van der Waals surface area contributed by atoms with E-state index in [1.54, 1.807) is 12.1 Å². The summed E-state index contributed by atoms with van der Waals surface area (Å²) in [6.45, 7) is 6.06. The van der Waals surface area contributed by atoms with Gasteiger partial charge < -0.3 is 10.2 Å². The first-order chi connectivity index (χ1) is 12.4. The summed E-state index contributed by atoms with van der Waals surface area (Å²) in [4.78, 5) is 6.63. The summed E-state index contributed by atoms with van der Waals surface area (Å²) in [6.07, 6.45) is 1.42. The van der Waals surface area contributed by atoms with Gasteiger partial charge in [0.25, 0.3) is 0 Å². The van der Waals surface area contributed by atoms with Gasteiger partial charge in [0.05, 0.1) is 0 Å². The molecule has 142 valence electrons. The summed E-state index contributed by atoms with van der Waals surface area (Å²) in [7, 11) is 0.617. The predicted molar refractivity (Wildman–Crippen MR) is 106 cm³/mol. The van der Waals surface area contributed by atoms with Crippen LogP contribution in [0.5, 0.6) is 0 Å². The Morgan fingerprint density at radius 3 is 2.19 bits per heavy atom. The van der Waals surface area contributed by atoms with E-state index in [9.17, 15) is 8.42 Å². The summed E-state index contributed by atoms with van der Waals surface area (Å²) in [6, 6.07) is 11.6. The summed E-state index contributed by atoms with van der Waals surface area (Å²) in [5, 5.41) is 3.27. The maximum Gasteiger partial charge on any atom is 0.244 e. The monoisotopic (exact) mass is 376 g/mol. The second-order valence-electron chi connectivity index (χ2n) is 6.33. The van der Waals surface area contributed by atoms with Crippen molar-refractivity contribution in [1.82, 2.24) is 14.2 Å². The second-order valence-corrected chi connectivity index (χ2v) is 8.27. The van der Waals surface area contributed by atoms with E-state index in [1.165, 1.54) is 21.6 Å². The first kappa shape index (κ1) is 20.4. The summed E-state index contributed by atoms with van der Waals surface area (Å²) >= 11 is 0. The lowest BCUT2D eigenvalue weighted by Gasteiger charge is -2.18. The maximum atomic E-state index is 12.5. The van der Waals surface area contributed by atoms with Gasteiger partial charge in [0.1, 0.15) is 10.7 Å². The molecule has 0 aliphatic carbocycles. The lowest BCUT2D eigenvalue weighted by molar-refractivity contribution is 0.401. The number of pyridine rings is 1. The molecule has 0 aliphatic rings. The summed E-state index contributed by atoms with van der Waals surface area (Å²) < 4.78 is 26.4. The number of nitrogens with one attached hydrogen (secondary N) is 1. The Morgan fingerprint density at radius 1 is 1.00 bits per heavy atom. The minimum atomic E-state index is -3.47. The van der Waals surface area contributed by atoms with Gasteiger partial charge in [-0.05, 0) is 37.4 Å². The van der Waals surface area contributed by atoms with E-state index in [1.807, 2.05) is 40.1 Å². The topological polar surface area (TPSA) is 65.5 Å². The van der Waals surface area contributed by atoms with Gasteiger partial charge in [-0.2, -0.15) is 4.31 Å². The Labute approximate surface area is 156 Å². The fraction of sp³-hybridized carbons (Fsp3) is 0.421. The van der Waals surface area contributed by atoms with Crippen LogP contribution in [0.25, 0.3) is 0 Å². The zero-order valence-electron chi connectivity index (χ0n) is 15.9. The summed E-state index contributed by atoms with van der Waals surface area (Å²) in [5.74, 6) is 0.656. The number of hydrogen-bond acceptors (Lipinski definition) is 5. The van der Waals surface area contributed by atoms with Crippen LogP contribution in [0.4, 0.5) is 5.82 Å². The fourth-order valence-electron chi connectivity index (χ4n) is 2.76. The van der Waals surface area contributed by atoms with Crippen LogP contribution in [0, 0.1) is 0 Å². The number of benzene rings is 1. The Hall–Kier alpha value is -1.96. The number of hydrogen-bond donors (Lipinski definition) is 1. The average Bonchev–Trinajstić information content (AvgIpc) is 2.61. The van der Waals surface area contributed by atoms with Crippen LogP contribution < -0.4 is 5.32 Å². The molecular formula is C19H28N4O2S. The van der Waals surface area contributed by atoms with Crippen molar-refractivity contribution in [2.45, 2.75) is 31.8 Å². The average molecular weight is 377 g/mol. The van der Waals surface area contributed by atoms with E-state index in [0.29, 0.717) is 25.5 Å². The fourth-order valence-corrected chi connectivity index (χ4v) is 4.16. The molecule has 0 radical (unpaired) electrons. The molecular weight excluding hydrogens is 348 g/mol. The van der Waals surface area contributed by atoms with Crippen molar-refractivity contribution in [1.29, 1.82) is 0 Å². The molecule has 1 aromatic carbocycles. The molecule has 0 bridgehead atoms. The van der Waals surface area contributed by atoms with Gasteiger partial charge >= 0.3 is 0 Å². The molecule has 0 fully saturated rings. The van der Waals surface area contributed by atoms with Crippen LogP contribution in [-0.4, -0.2) is 49.8 Å². The lowest BCUT2D eigenvalue weighted by atomic mass is 10.1. The number of aromatic nitrogens is 1. The third-order valence-corrected chi connectivity index (χ3v) is 6.18. The van der Waals surface area contributed by atoms with E-state index in [2.05, 4.69) is 27.3 Å². The number of rotatable bonds is 9. The Kier molecular flexibility index (Phi) is 7.14. The van der Waals surface area contributed by atoms with Crippen molar-refractivity contribution < 1.29 is 8.42 Å². The highest BCUT2D eigenvalue weighted by Gasteiger charge is 2.21. The molecule has 0 spiro atoms. The molecule has 2 aromatic rings. The molecule has 1 heterocycles. The van der Waals surface area contributed by atoms with Gasteiger partial charge in [-0.3, -0.25) is 0 Å². The molecule has 1 aromatic heterocycles. The molecule has 0 saturated heterocycles. The van der Waals surface area contributed by atoms with E-state index >= 15 is 0 Å². The highest BCUT2D eigenvalue weighted by Crippen LogP contribution is 2.17. The molecule has 2 rings (SSSR count). The van der Waals surface area contributed by atoms with Gasteiger partial charge in [-0.25, -0.2) is 13.4 Å². The largest absolute Gasteiger partial charge is 0.366 e. The third kappa shape index (κ3) is 5.03. The van der Waals surface area contributed by atoms with Crippen LogP contribution in [0.1, 0.15) is 25.0 Å². The molecule has 0 saturated carbocycles. The van der Waals surface area contributed by atoms with E-state index in [-0.39, 0.29) is 4.90 Å². The smallest absolute Gasteiger partial charge is 0.244 e. The van der Waals surface area contributed by atoms with Crippen molar-refractivity contribution in [3.63, 3.8) is 0 Å². The van der Waals surface area contributed by atoms with Crippen LogP contribution >= 0.6 is 0 Å². The quantitative estimate of drug-likeness (QED) is 0.729. The molecule has 0 unspecified atom stereocenters. The van der Waals surface area contributed by atoms with Crippen LogP contribution in [-0.2, 0) is 23.1 Å². The SMILES string of the molecule is CCN(CC)S(=O)(=O)c1ccc(NCc2ccccc2CN(C)C)nc1. The van der Waals surface area contributed by atoms with E-state index in [4.69, 9.17) is 0 Å². The molecule has 0 amide bonds. The standard InChI is InChI=1S/C19H28N4O2S/c1-5-23(6-2)26(24,25)18-11-12-19(21-14-18)20-13-16-9-7-8-10-17(16)15-22(3)4/h7-12,14H,5-6,13,15H2,1-4H3,(H,20,21). The number of anilines is 1. The zero-order chi connectivity index (χ0) is 19.2. The van der Waals surface area contributed by atoms with Gasteiger partial charge in [0.15, 0.2) is 0 Å². The highest BCUT2D eigenvalue weighted by molar-refractivity contribution is 7.89. The van der Waals surface area contributed by atoms with Crippen molar-refractivity contribution in [2.75, 3.05) is 32.5 Å². The third-order valence-electron chi connectivity index (χ3n) is 4.14. The van der Waals surface area contributed by atoms with Crippen LogP contribution in [0.2, 0.25) is 0 Å². The summed E-state index contributed by atoms with van der Waals surface area (Å²) in [5.41, 5.74) is 2.45. The Balaban J connectivity index is 2.09. The lowest BCUT2D eigenvalue weighted by Crippen LogP contribution is -2.30. The molecule has 0 atom stereocenters.